The van der Waals surface area contributed by atoms with Crippen LogP contribution in [0.15, 0.2) is 60.8 Å². The first-order valence-electron chi connectivity index (χ1n) is 6.44. The Morgan fingerprint density at radius 3 is 2.67 bits per heavy atom. The summed E-state index contributed by atoms with van der Waals surface area (Å²) in [7, 11) is 0. The molecule has 21 heavy (non-hydrogen) atoms. The molecule has 1 unspecified atom stereocenters. The van der Waals surface area contributed by atoms with Crippen LogP contribution in [0.1, 0.15) is 22.9 Å². The molecule has 0 saturated carbocycles. The van der Waals surface area contributed by atoms with Crippen LogP contribution >= 0.6 is 0 Å². The minimum atomic E-state index is -0.895. The fourth-order valence-corrected chi connectivity index (χ4v) is 2.15. The van der Waals surface area contributed by atoms with E-state index in [-0.39, 0.29) is 0 Å². The highest BCUT2D eigenvalue weighted by atomic mass is 16.3. The molecule has 0 spiro atoms. The van der Waals surface area contributed by atoms with Gasteiger partial charge in [0.25, 0.3) is 0 Å². The maximum Gasteiger partial charge on any atom is 0.123 e. The van der Waals surface area contributed by atoms with Gasteiger partial charge in [-0.1, -0.05) is 35.5 Å². The van der Waals surface area contributed by atoms with Crippen LogP contribution in [0.2, 0.25) is 0 Å². The molecule has 1 atom stereocenters. The zero-order valence-electron chi connectivity index (χ0n) is 11.1. The Morgan fingerprint density at radius 1 is 1.10 bits per heavy atom. The highest BCUT2D eigenvalue weighted by Crippen LogP contribution is 2.23. The van der Waals surface area contributed by atoms with Crippen LogP contribution in [0.3, 0.4) is 0 Å². The summed E-state index contributed by atoms with van der Waals surface area (Å²) < 4.78 is 1.59. The number of nitriles is 1. The summed E-state index contributed by atoms with van der Waals surface area (Å²) in [6, 6.07) is 18.4. The van der Waals surface area contributed by atoms with Crippen molar-refractivity contribution in [1.29, 1.82) is 5.26 Å². The molecular formula is C16H12N4O. The number of hydrogen-bond acceptors (Lipinski definition) is 4. The smallest absolute Gasteiger partial charge is 0.123 e. The van der Waals surface area contributed by atoms with E-state index in [1.807, 2.05) is 30.3 Å². The van der Waals surface area contributed by atoms with Crippen molar-refractivity contribution in [2.24, 2.45) is 0 Å². The summed E-state index contributed by atoms with van der Waals surface area (Å²) in [5.74, 6) is 0. The van der Waals surface area contributed by atoms with Crippen LogP contribution in [0, 0.1) is 11.3 Å². The van der Waals surface area contributed by atoms with Crippen molar-refractivity contribution >= 4 is 0 Å². The first-order valence-corrected chi connectivity index (χ1v) is 6.44. The SMILES string of the molecule is N#Cc1cccc(C(O)c2cnnn2-c2ccccc2)c1. The molecule has 0 aliphatic carbocycles. The third-order valence-corrected chi connectivity index (χ3v) is 3.19. The minimum absolute atomic E-state index is 0.505. The minimum Gasteiger partial charge on any atom is -0.382 e. The van der Waals surface area contributed by atoms with E-state index in [0.29, 0.717) is 16.8 Å². The summed E-state index contributed by atoms with van der Waals surface area (Å²) >= 11 is 0. The first-order chi connectivity index (χ1) is 10.3. The molecule has 2 aromatic carbocycles. The maximum absolute atomic E-state index is 10.5. The van der Waals surface area contributed by atoms with E-state index in [9.17, 15) is 5.11 Å². The van der Waals surface area contributed by atoms with Crippen molar-refractivity contribution in [2.75, 3.05) is 0 Å². The van der Waals surface area contributed by atoms with Gasteiger partial charge in [-0.25, -0.2) is 4.68 Å². The Hall–Kier alpha value is -2.97. The lowest BCUT2D eigenvalue weighted by Gasteiger charge is -2.13. The summed E-state index contributed by atoms with van der Waals surface area (Å²) in [6.07, 6.45) is 0.630. The van der Waals surface area contributed by atoms with Crippen LogP contribution in [-0.2, 0) is 0 Å². The van der Waals surface area contributed by atoms with E-state index >= 15 is 0 Å². The van der Waals surface area contributed by atoms with Crippen molar-refractivity contribution < 1.29 is 5.11 Å². The number of aromatic nitrogens is 3. The Morgan fingerprint density at radius 2 is 1.90 bits per heavy atom. The van der Waals surface area contributed by atoms with E-state index in [4.69, 9.17) is 5.26 Å². The van der Waals surface area contributed by atoms with Gasteiger partial charge in [-0.15, -0.1) is 5.10 Å². The standard InChI is InChI=1S/C16H12N4O/c17-10-12-5-4-6-13(9-12)16(21)15-11-18-19-20(15)14-7-2-1-3-8-14/h1-9,11,16,21H. The molecule has 0 saturated heterocycles. The molecule has 3 aromatic rings. The number of aliphatic hydroxyl groups excluding tert-OH is 1. The molecule has 1 heterocycles. The Bertz CT molecular complexity index is 789. The predicted octanol–water partition coefficient (Wildman–Crippen LogP) is 2.22. The molecule has 5 nitrogen and oxygen atoms in total. The van der Waals surface area contributed by atoms with Crippen molar-refractivity contribution in [2.45, 2.75) is 6.10 Å². The fraction of sp³-hybridized carbons (Fsp3) is 0.0625. The van der Waals surface area contributed by atoms with Crippen LogP contribution in [0.25, 0.3) is 5.69 Å². The zero-order chi connectivity index (χ0) is 14.7. The average Bonchev–Trinajstić information content (AvgIpc) is 3.04. The Kier molecular flexibility index (Phi) is 3.46. The molecular weight excluding hydrogens is 264 g/mol. The molecule has 0 aliphatic rings. The molecule has 5 heteroatoms. The Labute approximate surface area is 121 Å². The van der Waals surface area contributed by atoms with Crippen molar-refractivity contribution in [1.82, 2.24) is 15.0 Å². The molecule has 0 radical (unpaired) electrons. The van der Waals surface area contributed by atoms with E-state index in [1.165, 1.54) is 6.20 Å². The number of hydrogen-bond donors (Lipinski definition) is 1. The maximum atomic E-state index is 10.5. The normalized spacial score (nSPS) is 11.8. The van der Waals surface area contributed by atoms with Gasteiger partial charge >= 0.3 is 0 Å². The quantitative estimate of drug-likeness (QED) is 0.796. The van der Waals surface area contributed by atoms with Crippen LogP contribution in [0.4, 0.5) is 0 Å². The highest BCUT2D eigenvalue weighted by molar-refractivity contribution is 5.38. The molecule has 0 amide bonds. The number of aliphatic hydroxyl groups is 1. The second-order valence-corrected chi connectivity index (χ2v) is 4.55. The fourth-order valence-electron chi connectivity index (χ4n) is 2.15. The number of para-hydroxylation sites is 1. The van der Waals surface area contributed by atoms with Crippen molar-refractivity contribution in [3.63, 3.8) is 0 Å². The second kappa shape index (κ2) is 5.57. The molecule has 0 aliphatic heterocycles. The van der Waals surface area contributed by atoms with E-state index in [2.05, 4.69) is 16.4 Å². The molecule has 0 bridgehead atoms. The van der Waals surface area contributed by atoms with Crippen molar-refractivity contribution in [3.8, 4) is 11.8 Å². The lowest BCUT2D eigenvalue weighted by Crippen LogP contribution is -2.08. The van der Waals surface area contributed by atoms with Gasteiger partial charge in [0.1, 0.15) is 6.10 Å². The largest absolute Gasteiger partial charge is 0.382 e. The highest BCUT2D eigenvalue weighted by Gasteiger charge is 2.17. The molecule has 0 fully saturated rings. The van der Waals surface area contributed by atoms with E-state index in [1.54, 1.807) is 28.9 Å². The monoisotopic (exact) mass is 276 g/mol. The lowest BCUT2D eigenvalue weighted by atomic mass is 10.0. The zero-order valence-corrected chi connectivity index (χ0v) is 11.1. The summed E-state index contributed by atoms with van der Waals surface area (Å²) in [5, 5.41) is 27.4. The van der Waals surface area contributed by atoms with E-state index < -0.39 is 6.10 Å². The number of benzene rings is 2. The van der Waals surface area contributed by atoms with Gasteiger partial charge in [-0.3, -0.25) is 0 Å². The van der Waals surface area contributed by atoms with Crippen LogP contribution < -0.4 is 0 Å². The Balaban J connectivity index is 2.02. The van der Waals surface area contributed by atoms with Gasteiger partial charge in [-0.2, -0.15) is 5.26 Å². The van der Waals surface area contributed by atoms with Crippen LogP contribution in [0.5, 0.6) is 0 Å². The van der Waals surface area contributed by atoms with Gasteiger partial charge in [0, 0.05) is 0 Å². The van der Waals surface area contributed by atoms with Gasteiger partial charge < -0.3 is 5.11 Å². The van der Waals surface area contributed by atoms with Crippen LogP contribution in [-0.4, -0.2) is 20.1 Å². The molecule has 1 aromatic heterocycles. The van der Waals surface area contributed by atoms with Gasteiger partial charge in [0.2, 0.25) is 0 Å². The van der Waals surface area contributed by atoms with Gasteiger partial charge in [-0.05, 0) is 29.8 Å². The van der Waals surface area contributed by atoms with E-state index in [0.717, 1.165) is 5.69 Å². The van der Waals surface area contributed by atoms with Crippen molar-refractivity contribution in [3.05, 3.63) is 77.6 Å². The molecule has 102 valence electrons. The molecule has 1 N–H and O–H groups in total. The number of rotatable bonds is 3. The topological polar surface area (TPSA) is 74.7 Å². The average molecular weight is 276 g/mol. The first kappa shape index (κ1) is 13.0. The third-order valence-electron chi connectivity index (χ3n) is 3.19. The molecule has 3 rings (SSSR count). The predicted molar refractivity (Wildman–Crippen MR) is 76.6 cm³/mol. The number of nitrogens with zero attached hydrogens (tertiary/aromatic N) is 4. The summed E-state index contributed by atoms with van der Waals surface area (Å²) in [4.78, 5) is 0. The van der Waals surface area contributed by atoms with Gasteiger partial charge in [0.05, 0.1) is 29.2 Å². The second-order valence-electron chi connectivity index (χ2n) is 4.55. The summed E-state index contributed by atoms with van der Waals surface area (Å²) in [5.41, 5.74) is 2.51. The third kappa shape index (κ3) is 2.53. The van der Waals surface area contributed by atoms with Gasteiger partial charge in [0.15, 0.2) is 0 Å². The summed E-state index contributed by atoms with van der Waals surface area (Å²) in [6.45, 7) is 0. The lowest BCUT2D eigenvalue weighted by molar-refractivity contribution is 0.212.